The summed E-state index contributed by atoms with van der Waals surface area (Å²) in [6, 6.07) is 12.0. The average molecular weight is 411 g/mol. The van der Waals surface area contributed by atoms with E-state index in [1.54, 1.807) is 26.4 Å². The molecule has 0 saturated carbocycles. The van der Waals surface area contributed by atoms with Crippen molar-refractivity contribution in [1.82, 2.24) is 10.2 Å². The Balaban J connectivity index is 1.55. The summed E-state index contributed by atoms with van der Waals surface area (Å²) in [4.78, 5) is 38.4. The zero-order chi connectivity index (χ0) is 21.5. The summed E-state index contributed by atoms with van der Waals surface area (Å²) in [5.74, 6) is 0.0964. The molecule has 0 bridgehead atoms. The number of imide groups is 1. The fraction of sp³-hybridized carbons (Fsp3) is 0.318. The van der Waals surface area contributed by atoms with Crippen molar-refractivity contribution in [2.45, 2.75) is 12.8 Å². The van der Waals surface area contributed by atoms with E-state index in [0.29, 0.717) is 49.4 Å². The minimum Gasteiger partial charge on any atom is -0.497 e. The zero-order valence-corrected chi connectivity index (χ0v) is 17.1. The summed E-state index contributed by atoms with van der Waals surface area (Å²) in [5.41, 5.74) is 2.14. The molecule has 1 aliphatic heterocycles. The number of rotatable bonds is 9. The lowest BCUT2D eigenvalue weighted by atomic mass is 10.1. The largest absolute Gasteiger partial charge is 0.497 e. The number of amides is 4. The molecule has 0 saturated heterocycles. The van der Waals surface area contributed by atoms with Crippen LogP contribution in [0.5, 0.6) is 5.75 Å². The fourth-order valence-corrected chi connectivity index (χ4v) is 3.26. The van der Waals surface area contributed by atoms with Crippen molar-refractivity contribution < 1.29 is 23.9 Å². The van der Waals surface area contributed by atoms with Crippen LogP contribution in [0.2, 0.25) is 0 Å². The SMILES string of the molecule is COCCCN1C(=O)c2ccc(NC(=O)NCCc3cccc(OC)c3)cc2C1=O. The van der Waals surface area contributed by atoms with Gasteiger partial charge >= 0.3 is 6.03 Å². The van der Waals surface area contributed by atoms with Crippen LogP contribution in [0.15, 0.2) is 42.5 Å². The molecule has 0 aromatic heterocycles. The standard InChI is InChI=1S/C22H25N3O5/c1-29-12-4-11-25-20(26)18-8-7-16(14-19(18)21(25)27)24-22(28)23-10-9-15-5-3-6-17(13-15)30-2/h3,5-8,13-14H,4,9-12H2,1-2H3,(H2,23,24,28). The number of methoxy groups -OCH3 is 2. The van der Waals surface area contributed by atoms with Crippen molar-refractivity contribution in [3.05, 3.63) is 59.2 Å². The average Bonchev–Trinajstić information content (AvgIpc) is 2.98. The number of carbonyl (C=O) groups excluding carboxylic acids is 3. The highest BCUT2D eigenvalue weighted by molar-refractivity contribution is 6.21. The van der Waals surface area contributed by atoms with E-state index in [-0.39, 0.29) is 17.8 Å². The molecule has 8 nitrogen and oxygen atoms in total. The Morgan fingerprint density at radius 2 is 1.83 bits per heavy atom. The summed E-state index contributed by atoms with van der Waals surface area (Å²) >= 11 is 0. The topological polar surface area (TPSA) is 97.0 Å². The van der Waals surface area contributed by atoms with Crippen molar-refractivity contribution in [3.8, 4) is 5.75 Å². The maximum atomic E-state index is 12.5. The van der Waals surface area contributed by atoms with Crippen LogP contribution in [0, 0.1) is 0 Å². The van der Waals surface area contributed by atoms with Gasteiger partial charge in [-0.15, -0.1) is 0 Å². The summed E-state index contributed by atoms with van der Waals surface area (Å²) in [6.07, 6.45) is 1.22. The molecule has 2 N–H and O–H groups in total. The highest BCUT2D eigenvalue weighted by atomic mass is 16.5. The number of benzene rings is 2. The van der Waals surface area contributed by atoms with Gasteiger partial charge in [-0.2, -0.15) is 0 Å². The van der Waals surface area contributed by atoms with Gasteiger partial charge in [0.1, 0.15) is 5.75 Å². The molecular weight excluding hydrogens is 386 g/mol. The van der Waals surface area contributed by atoms with Crippen LogP contribution in [0.4, 0.5) is 10.5 Å². The van der Waals surface area contributed by atoms with Gasteiger partial charge in [0.15, 0.2) is 0 Å². The van der Waals surface area contributed by atoms with Crippen molar-refractivity contribution in [1.29, 1.82) is 0 Å². The summed E-state index contributed by atoms with van der Waals surface area (Å²) in [6.45, 7) is 1.21. The molecule has 158 valence electrons. The Morgan fingerprint density at radius 3 is 2.60 bits per heavy atom. The first-order valence-electron chi connectivity index (χ1n) is 9.70. The molecule has 0 fully saturated rings. The Kier molecular flexibility index (Phi) is 7.03. The number of nitrogens with zero attached hydrogens (tertiary/aromatic N) is 1. The Morgan fingerprint density at radius 1 is 1.03 bits per heavy atom. The van der Waals surface area contributed by atoms with E-state index in [1.807, 2.05) is 24.3 Å². The molecule has 2 aromatic rings. The van der Waals surface area contributed by atoms with Gasteiger partial charge in [-0.05, 0) is 48.7 Å². The lowest BCUT2D eigenvalue weighted by molar-refractivity contribution is 0.0638. The number of hydrogen-bond acceptors (Lipinski definition) is 5. The van der Waals surface area contributed by atoms with Crippen LogP contribution in [0.3, 0.4) is 0 Å². The fourth-order valence-electron chi connectivity index (χ4n) is 3.26. The third-order valence-electron chi connectivity index (χ3n) is 4.79. The molecule has 1 heterocycles. The lowest BCUT2D eigenvalue weighted by Gasteiger charge is -2.12. The van der Waals surface area contributed by atoms with Crippen molar-refractivity contribution in [3.63, 3.8) is 0 Å². The van der Waals surface area contributed by atoms with E-state index < -0.39 is 0 Å². The molecule has 0 aliphatic carbocycles. The second-order valence-corrected chi connectivity index (χ2v) is 6.85. The maximum absolute atomic E-state index is 12.5. The normalized spacial score (nSPS) is 12.7. The van der Waals surface area contributed by atoms with Gasteiger partial charge in [0.05, 0.1) is 18.2 Å². The van der Waals surface area contributed by atoms with E-state index in [4.69, 9.17) is 9.47 Å². The van der Waals surface area contributed by atoms with Crippen LogP contribution in [0.1, 0.15) is 32.7 Å². The van der Waals surface area contributed by atoms with Crippen LogP contribution in [-0.2, 0) is 11.2 Å². The second-order valence-electron chi connectivity index (χ2n) is 6.85. The molecule has 1 aliphatic rings. The summed E-state index contributed by atoms with van der Waals surface area (Å²) in [5, 5.41) is 5.49. The van der Waals surface area contributed by atoms with E-state index >= 15 is 0 Å². The molecular formula is C22H25N3O5. The van der Waals surface area contributed by atoms with Gasteiger partial charge in [0.2, 0.25) is 0 Å². The third-order valence-corrected chi connectivity index (χ3v) is 4.79. The quantitative estimate of drug-likeness (QED) is 0.489. The number of urea groups is 1. The van der Waals surface area contributed by atoms with Crippen molar-refractivity contribution in [2.24, 2.45) is 0 Å². The highest BCUT2D eigenvalue weighted by Crippen LogP contribution is 2.26. The Bertz CT molecular complexity index is 944. The van der Waals surface area contributed by atoms with Gasteiger partial charge in [0.25, 0.3) is 11.8 Å². The van der Waals surface area contributed by atoms with E-state index in [9.17, 15) is 14.4 Å². The molecule has 3 rings (SSSR count). The molecule has 0 spiro atoms. The van der Waals surface area contributed by atoms with Crippen LogP contribution >= 0.6 is 0 Å². The zero-order valence-electron chi connectivity index (χ0n) is 17.1. The number of hydrogen-bond donors (Lipinski definition) is 2. The van der Waals surface area contributed by atoms with Gasteiger partial charge in [0, 0.05) is 32.5 Å². The van der Waals surface area contributed by atoms with Gasteiger partial charge in [-0.3, -0.25) is 14.5 Å². The van der Waals surface area contributed by atoms with E-state index in [2.05, 4.69) is 10.6 Å². The molecule has 30 heavy (non-hydrogen) atoms. The van der Waals surface area contributed by atoms with Crippen LogP contribution < -0.4 is 15.4 Å². The first-order chi connectivity index (χ1) is 14.5. The molecule has 0 unspecified atom stereocenters. The number of ether oxygens (including phenoxy) is 2. The number of fused-ring (bicyclic) bond motifs is 1. The van der Waals surface area contributed by atoms with Gasteiger partial charge in [-0.1, -0.05) is 12.1 Å². The minimum atomic E-state index is -0.383. The van der Waals surface area contributed by atoms with E-state index in [1.165, 1.54) is 11.0 Å². The lowest BCUT2D eigenvalue weighted by Crippen LogP contribution is -2.31. The molecule has 4 amide bonds. The summed E-state index contributed by atoms with van der Waals surface area (Å²) < 4.78 is 10.2. The Labute approximate surface area is 175 Å². The van der Waals surface area contributed by atoms with Crippen molar-refractivity contribution in [2.75, 3.05) is 39.2 Å². The van der Waals surface area contributed by atoms with E-state index in [0.717, 1.165) is 11.3 Å². The number of carbonyl (C=O) groups is 3. The molecule has 0 radical (unpaired) electrons. The smallest absolute Gasteiger partial charge is 0.319 e. The molecule has 0 atom stereocenters. The Hall–Kier alpha value is -3.39. The minimum absolute atomic E-state index is 0.298. The highest BCUT2D eigenvalue weighted by Gasteiger charge is 2.35. The van der Waals surface area contributed by atoms with Crippen LogP contribution in [-0.4, -0.2) is 56.7 Å². The monoisotopic (exact) mass is 411 g/mol. The van der Waals surface area contributed by atoms with Crippen molar-refractivity contribution >= 4 is 23.5 Å². The predicted octanol–water partition coefficient (Wildman–Crippen LogP) is 2.69. The van der Waals surface area contributed by atoms with Gasteiger partial charge in [-0.25, -0.2) is 4.79 Å². The second kappa shape index (κ2) is 9.89. The first-order valence-corrected chi connectivity index (χ1v) is 9.70. The number of nitrogens with one attached hydrogen (secondary N) is 2. The first kappa shape index (κ1) is 21.3. The molecule has 8 heteroatoms. The molecule has 2 aromatic carbocycles. The summed E-state index contributed by atoms with van der Waals surface area (Å²) in [7, 11) is 3.18. The van der Waals surface area contributed by atoms with Gasteiger partial charge < -0.3 is 20.1 Å². The van der Waals surface area contributed by atoms with Crippen LogP contribution in [0.25, 0.3) is 0 Å². The third kappa shape index (κ3) is 4.96. The predicted molar refractivity (Wildman–Crippen MR) is 112 cm³/mol. The maximum Gasteiger partial charge on any atom is 0.319 e. The number of anilines is 1.